The van der Waals surface area contributed by atoms with E-state index in [1.54, 1.807) is 0 Å². The minimum Gasteiger partial charge on any atom is -0.393 e. The molecule has 0 radical (unpaired) electrons. The highest BCUT2D eigenvalue weighted by Gasteiger charge is 2.38. The Morgan fingerprint density at radius 3 is 2.46 bits per heavy atom. The molecule has 0 saturated heterocycles. The van der Waals surface area contributed by atoms with Crippen molar-refractivity contribution < 1.29 is 5.11 Å². The maximum absolute atomic E-state index is 9.28. The van der Waals surface area contributed by atoms with E-state index in [-0.39, 0.29) is 6.10 Å². The first kappa shape index (κ1) is 8.97. The van der Waals surface area contributed by atoms with E-state index in [2.05, 4.69) is 30.3 Å². The molecule has 2 heteroatoms. The minimum atomic E-state index is -0.0128. The summed E-state index contributed by atoms with van der Waals surface area (Å²) in [5, 5.41) is 9.77. The van der Waals surface area contributed by atoms with E-state index < -0.39 is 0 Å². The van der Waals surface area contributed by atoms with Crippen molar-refractivity contribution in [3.8, 4) is 0 Å². The number of benzene rings is 1. The van der Waals surface area contributed by atoms with Gasteiger partial charge >= 0.3 is 0 Å². The second kappa shape index (κ2) is 3.27. The first-order chi connectivity index (χ1) is 6.18. The summed E-state index contributed by atoms with van der Waals surface area (Å²) < 4.78 is 0. The SMILES string of the molecule is O[C@H]1C[C@]([SiH3])(Cc2ccccc2)C1. The van der Waals surface area contributed by atoms with Crippen molar-refractivity contribution in [2.75, 3.05) is 0 Å². The van der Waals surface area contributed by atoms with Crippen molar-refractivity contribution in [3.63, 3.8) is 0 Å². The molecule has 0 atom stereocenters. The fourth-order valence-corrected chi connectivity index (χ4v) is 3.66. The van der Waals surface area contributed by atoms with Crippen LogP contribution in [0.2, 0.25) is 5.04 Å². The van der Waals surface area contributed by atoms with Crippen molar-refractivity contribution in [2.24, 2.45) is 0 Å². The van der Waals surface area contributed by atoms with Gasteiger partial charge in [-0.1, -0.05) is 30.3 Å². The molecule has 0 bridgehead atoms. The number of rotatable bonds is 2. The van der Waals surface area contributed by atoms with Crippen molar-refractivity contribution in [1.29, 1.82) is 0 Å². The van der Waals surface area contributed by atoms with Gasteiger partial charge in [-0.05, 0) is 29.9 Å². The van der Waals surface area contributed by atoms with Crippen LogP contribution in [0.4, 0.5) is 0 Å². The Morgan fingerprint density at radius 1 is 1.31 bits per heavy atom. The average molecular weight is 192 g/mol. The third-order valence-electron chi connectivity index (χ3n) is 2.93. The monoisotopic (exact) mass is 192 g/mol. The highest BCUT2D eigenvalue weighted by molar-refractivity contribution is 6.16. The van der Waals surface area contributed by atoms with Crippen LogP contribution in [0.25, 0.3) is 0 Å². The summed E-state index contributed by atoms with van der Waals surface area (Å²) in [6.07, 6.45) is 3.19. The molecule has 1 saturated carbocycles. The van der Waals surface area contributed by atoms with Crippen LogP contribution in [-0.4, -0.2) is 21.5 Å². The Labute approximate surface area is 82.2 Å². The van der Waals surface area contributed by atoms with Gasteiger partial charge in [-0.15, -0.1) is 0 Å². The molecule has 0 unspecified atom stereocenters. The normalized spacial score (nSPS) is 32.8. The van der Waals surface area contributed by atoms with E-state index in [0.29, 0.717) is 5.04 Å². The highest BCUT2D eigenvalue weighted by Crippen LogP contribution is 2.47. The molecule has 1 aromatic carbocycles. The van der Waals surface area contributed by atoms with Crippen molar-refractivity contribution in [3.05, 3.63) is 35.9 Å². The zero-order valence-corrected chi connectivity index (χ0v) is 10.0. The predicted octanol–water partition coefficient (Wildman–Crippen LogP) is 0.908. The van der Waals surface area contributed by atoms with E-state index in [1.165, 1.54) is 15.8 Å². The molecule has 1 fully saturated rings. The number of aliphatic hydroxyl groups excluding tert-OH is 1. The van der Waals surface area contributed by atoms with Gasteiger partial charge in [-0.3, -0.25) is 0 Å². The number of aliphatic hydroxyl groups is 1. The summed E-state index contributed by atoms with van der Waals surface area (Å²) in [6, 6.07) is 10.6. The summed E-state index contributed by atoms with van der Waals surface area (Å²) in [6.45, 7) is 0. The topological polar surface area (TPSA) is 20.2 Å². The predicted molar refractivity (Wildman–Crippen MR) is 58.0 cm³/mol. The summed E-state index contributed by atoms with van der Waals surface area (Å²) >= 11 is 0. The Kier molecular flexibility index (Phi) is 2.26. The Balaban J connectivity index is 1.99. The maximum Gasteiger partial charge on any atom is 0.0545 e. The Morgan fingerprint density at radius 2 is 1.92 bits per heavy atom. The lowest BCUT2D eigenvalue weighted by Gasteiger charge is -2.43. The first-order valence-corrected chi connectivity index (χ1v) is 5.90. The number of hydrogen-bond donors (Lipinski definition) is 1. The van der Waals surface area contributed by atoms with Crippen molar-refractivity contribution in [2.45, 2.75) is 30.4 Å². The molecule has 0 aromatic heterocycles. The van der Waals surface area contributed by atoms with Crippen LogP contribution in [0, 0.1) is 0 Å². The van der Waals surface area contributed by atoms with E-state index in [4.69, 9.17) is 0 Å². The molecule has 2 rings (SSSR count). The lowest BCUT2D eigenvalue weighted by atomic mass is 9.77. The summed E-state index contributed by atoms with van der Waals surface area (Å²) in [5.74, 6) is 0. The molecule has 1 aliphatic carbocycles. The molecular formula is C11H16OSi. The molecule has 1 nitrogen and oxygen atoms in total. The zero-order chi connectivity index (χ0) is 9.31. The second-order valence-electron chi connectivity index (χ2n) is 4.54. The van der Waals surface area contributed by atoms with Gasteiger partial charge < -0.3 is 5.11 Å². The van der Waals surface area contributed by atoms with Gasteiger partial charge in [0.2, 0.25) is 0 Å². The smallest absolute Gasteiger partial charge is 0.0545 e. The average Bonchev–Trinajstić information content (AvgIpc) is 2.03. The molecule has 13 heavy (non-hydrogen) atoms. The fraction of sp³-hybridized carbons (Fsp3) is 0.455. The van der Waals surface area contributed by atoms with Crippen molar-refractivity contribution >= 4 is 10.2 Å². The van der Waals surface area contributed by atoms with Crippen LogP contribution in [0.3, 0.4) is 0 Å². The van der Waals surface area contributed by atoms with Gasteiger partial charge in [0, 0.05) is 10.2 Å². The van der Waals surface area contributed by atoms with Crippen LogP contribution in [0.15, 0.2) is 30.3 Å². The van der Waals surface area contributed by atoms with Gasteiger partial charge in [0.25, 0.3) is 0 Å². The maximum atomic E-state index is 9.28. The van der Waals surface area contributed by atoms with Crippen LogP contribution < -0.4 is 0 Å². The van der Waals surface area contributed by atoms with Gasteiger partial charge in [0.1, 0.15) is 0 Å². The molecular weight excluding hydrogens is 176 g/mol. The standard InChI is InChI=1S/C11H16OSi/c12-10-7-11(13,8-10)6-9-4-2-1-3-5-9/h1-5,10,12H,6-8H2,13H3/t10-,11+. The molecule has 1 N–H and O–H groups in total. The van der Waals surface area contributed by atoms with E-state index in [0.717, 1.165) is 19.3 Å². The number of hydrogen-bond acceptors (Lipinski definition) is 1. The summed E-state index contributed by atoms with van der Waals surface area (Å²) in [5.41, 5.74) is 1.42. The van der Waals surface area contributed by atoms with Crippen molar-refractivity contribution in [1.82, 2.24) is 0 Å². The van der Waals surface area contributed by atoms with Crippen LogP contribution >= 0.6 is 0 Å². The van der Waals surface area contributed by atoms with E-state index in [1.807, 2.05) is 0 Å². The third kappa shape index (κ3) is 2.01. The Hall–Kier alpha value is -0.603. The van der Waals surface area contributed by atoms with Gasteiger partial charge in [-0.2, -0.15) is 0 Å². The first-order valence-electron chi connectivity index (χ1n) is 4.90. The van der Waals surface area contributed by atoms with E-state index in [9.17, 15) is 5.11 Å². The van der Waals surface area contributed by atoms with E-state index >= 15 is 0 Å². The zero-order valence-electron chi connectivity index (χ0n) is 8.03. The summed E-state index contributed by atoms with van der Waals surface area (Å²) in [4.78, 5) is 0. The van der Waals surface area contributed by atoms with Crippen LogP contribution in [-0.2, 0) is 6.42 Å². The Bertz CT molecular complexity index is 277. The lowest BCUT2D eigenvalue weighted by Crippen LogP contribution is -2.36. The highest BCUT2D eigenvalue weighted by atomic mass is 28.1. The van der Waals surface area contributed by atoms with Crippen LogP contribution in [0.5, 0.6) is 0 Å². The lowest BCUT2D eigenvalue weighted by molar-refractivity contribution is 0.0534. The molecule has 1 aromatic rings. The quantitative estimate of drug-likeness (QED) is 0.691. The van der Waals surface area contributed by atoms with Gasteiger partial charge in [0.05, 0.1) is 6.10 Å². The summed E-state index contributed by atoms with van der Waals surface area (Å²) in [7, 11) is 1.20. The molecule has 1 aliphatic rings. The molecule has 0 heterocycles. The molecule has 0 aliphatic heterocycles. The molecule has 0 spiro atoms. The minimum absolute atomic E-state index is 0.0128. The van der Waals surface area contributed by atoms with Gasteiger partial charge in [0.15, 0.2) is 0 Å². The molecule has 0 amide bonds. The van der Waals surface area contributed by atoms with Gasteiger partial charge in [-0.25, -0.2) is 0 Å². The largest absolute Gasteiger partial charge is 0.393 e. The molecule has 70 valence electrons. The third-order valence-corrected chi connectivity index (χ3v) is 4.10. The second-order valence-corrected chi connectivity index (χ2v) is 6.66. The van der Waals surface area contributed by atoms with Crippen LogP contribution in [0.1, 0.15) is 18.4 Å². The fourth-order valence-electron chi connectivity index (χ4n) is 2.31.